The number of hydrogen-bond acceptors (Lipinski definition) is 5. The van der Waals surface area contributed by atoms with Crippen LogP contribution in [0, 0.1) is 17.2 Å². The first-order valence-electron chi connectivity index (χ1n) is 6.83. The van der Waals surface area contributed by atoms with Gasteiger partial charge >= 0.3 is 0 Å². The molecule has 1 fully saturated rings. The van der Waals surface area contributed by atoms with Crippen LogP contribution >= 0.6 is 0 Å². The number of Topliss-reactive ketones (excluding diaryl/α,β-unsaturated/α-hetero) is 1. The van der Waals surface area contributed by atoms with Crippen molar-refractivity contribution in [1.82, 2.24) is 10.9 Å². The zero-order valence-corrected chi connectivity index (χ0v) is 12.0. The number of carbonyl (C=O) groups is 1. The Morgan fingerprint density at radius 2 is 2.00 bits per heavy atom. The zero-order chi connectivity index (χ0) is 14.7. The van der Waals surface area contributed by atoms with Crippen LogP contribution in [-0.2, 0) is 0 Å². The van der Waals surface area contributed by atoms with Crippen LogP contribution in [0.15, 0.2) is 18.2 Å². The van der Waals surface area contributed by atoms with Gasteiger partial charge in [-0.3, -0.25) is 15.6 Å². The molecule has 2 unspecified atom stereocenters. The summed E-state index contributed by atoms with van der Waals surface area (Å²) < 4.78 is 0. The molecule has 0 spiro atoms. The number of anilines is 1. The highest BCUT2D eigenvalue weighted by atomic mass is 16.1. The lowest BCUT2D eigenvalue weighted by Gasteiger charge is -2.19. The van der Waals surface area contributed by atoms with Gasteiger partial charge in [-0.15, -0.1) is 0 Å². The maximum absolute atomic E-state index is 11.4. The van der Waals surface area contributed by atoms with Crippen LogP contribution in [0.5, 0.6) is 0 Å². The first kappa shape index (κ1) is 14.5. The first-order chi connectivity index (χ1) is 9.52. The third-order valence-corrected chi connectivity index (χ3v) is 3.90. The number of rotatable bonds is 4. The molecular formula is C15H20N4O. The molecule has 0 aliphatic carbocycles. The van der Waals surface area contributed by atoms with E-state index in [-0.39, 0.29) is 5.78 Å². The molecular weight excluding hydrogens is 252 g/mol. The summed E-state index contributed by atoms with van der Waals surface area (Å²) in [5.41, 5.74) is 8.32. The number of nitrogens with zero attached hydrogens (tertiary/aromatic N) is 1. The highest BCUT2D eigenvalue weighted by Crippen LogP contribution is 2.20. The fourth-order valence-corrected chi connectivity index (χ4v) is 2.50. The quantitative estimate of drug-likeness (QED) is 0.727. The Balaban J connectivity index is 2.14. The fourth-order valence-electron chi connectivity index (χ4n) is 2.50. The lowest BCUT2D eigenvalue weighted by molar-refractivity contribution is 0.101. The molecule has 2 atom stereocenters. The average Bonchev–Trinajstić information content (AvgIpc) is 2.75. The van der Waals surface area contributed by atoms with Crippen LogP contribution in [0.4, 0.5) is 5.69 Å². The Morgan fingerprint density at radius 3 is 2.55 bits per heavy atom. The second-order valence-electron chi connectivity index (χ2n) is 5.34. The monoisotopic (exact) mass is 272 g/mol. The molecule has 106 valence electrons. The SMILES string of the molecule is CC(=O)c1ccc(C#N)c(NCC2C(C)NNC2C)c1. The molecule has 1 aliphatic rings. The van der Waals surface area contributed by atoms with E-state index in [1.807, 2.05) is 0 Å². The van der Waals surface area contributed by atoms with Crippen LogP contribution in [0.2, 0.25) is 0 Å². The summed E-state index contributed by atoms with van der Waals surface area (Å²) >= 11 is 0. The van der Waals surface area contributed by atoms with Gasteiger partial charge in [0.1, 0.15) is 6.07 Å². The summed E-state index contributed by atoms with van der Waals surface area (Å²) in [6.07, 6.45) is 0. The average molecular weight is 272 g/mol. The van der Waals surface area contributed by atoms with E-state index in [4.69, 9.17) is 5.26 Å². The topological polar surface area (TPSA) is 77.0 Å². The first-order valence-corrected chi connectivity index (χ1v) is 6.83. The van der Waals surface area contributed by atoms with Gasteiger partial charge < -0.3 is 5.32 Å². The summed E-state index contributed by atoms with van der Waals surface area (Å²) in [5, 5.41) is 12.5. The molecule has 1 aromatic rings. The summed E-state index contributed by atoms with van der Waals surface area (Å²) in [6, 6.07) is 8.01. The van der Waals surface area contributed by atoms with E-state index in [2.05, 4.69) is 36.1 Å². The van der Waals surface area contributed by atoms with Crippen LogP contribution in [0.3, 0.4) is 0 Å². The van der Waals surface area contributed by atoms with Crippen molar-refractivity contribution in [2.75, 3.05) is 11.9 Å². The molecule has 5 nitrogen and oxygen atoms in total. The molecule has 0 amide bonds. The molecule has 20 heavy (non-hydrogen) atoms. The molecule has 1 aliphatic heterocycles. The fraction of sp³-hybridized carbons (Fsp3) is 0.467. The van der Waals surface area contributed by atoms with Gasteiger partial charge in [-0.05, 0) is 39.0 Å². The van der Waals surface area contributed by atoms with Crippen molar-refractivity contribution in [2.24, 2.45) is 5.92 Å². The van der Waals surface area contributed by atoms with Gasteiger partial charge in [0.25, 0.3) is 0 Å². The van der Waals surface area contributed by atoms with Crippen LogP contribution < -0.4 is 16.2 Å². The maximum Gasteiger partial charge on any atom is 0.159 e. The predicted molar refractivity (Wildman–Crippen MR) is 78.3 cm³/mol. The molecule has 2 rings (SSSR count). The Bertz CT molecular complexity index is 539. The minimum absolute atomic E-state index is 0.00322. The van der Waals surface area contributed by atoms with Gasteiger partial charge in [0, 0.05) is 30.1 Å². The minimum atomic E-state index is 0.00322. The van der Waals surface area contributed by atoms with E-state index in [0.717, 1.165) is 12.2 Å². The third kappa shape index (κ3) is 2.98. The molecule has 3 N–H and O–H groups in total. The summed E-state index contributed by atoms with van der Waals surface area (Å²) in [5.74, 6) is 0.422. The van der Waals surface area contributed by atoms with Crippen LogP contribution in [-0.4, -0.2) is 24.4 Å². The number of carbonyl (C=O) groups excluding carboxylic acids is 1. The summed E-state index contributed by atoms with van der Waals surface area (Å²) in [7, 11) is 0. The smallest absolute Gasteiger partial charge is 0.159 e. The van der Waals surface area contributed by atoms with Crippen molar-refractivity contribution in [2.45, 2.75) is 32.9 Å². The lowest BCUT2D eigenvalue weighted by Crippen LogP contribution is -2.30. The van der Waals surface area contributed by atoms with Crippen molar-refractivity contribution in [1.29, 1.82) is 5.26 Å². The molecule has 0 radical (unpaired) electrons. The third-order valence-electron chi connectivity index (χ3n) is 3.90. The van der Waals surface area contributed by atoms with Crippen molar-refractivity contribution >= 4 is 11.5 Å². The molecule has 5 heteroatoms. The van der Waals surface area contributed by atoms with Crippen molar-refractivity contribution < 1.29 is 4.79 Å². The van der Waals surface area contributed by atoms with E-state index < -0.39 is 0 Å². The number of hydrogen-bond donors (Lipinski definition) is 3. The van der Waals surface area contributed by atoms with E-state index in [9.17, 15) is 4.79 Å². The van der Waals surface area contributed by atoms with Gasteiger partial charge in [0.15, 0.2) is 5.78 Å². The Hall–Kier alpha value is -1.90. The largest absolute Gasteiger partial charge is 0.384 e. The molecule has 0 aromatic heterocycles. The van der Waals surface area contributed by atoms with Gasteiger partial charge in [-0.25, -0.2) is 0 Å². The number of hydrazine groups is 1. The summed E-state index contributed by atoms with van der Waals surface area (Å²) in [4.78, 5) is 11.4. The minimum Gasteiger partial charge on any atom is -0.384 e. The molecule has 1 aromatic carbocycles. The van der Waals surface area contributed by atoms with Gasteiger partial charge in [-0.2, -0.15) is 5.26 Å². The van der Waals surface area contributed by atoms with Crippen LogP contribution in [0.25, 0.3) is 0 Å². The van der Waals surface area contributed by atoms with Gasteiger partial charge in [0.2, 0.25) is 0 Å². The number of nitriles is 1. The Labute approximate surface area is 119 Å². The van der Waals surface area contributed by atoms with Gasteiger partial charge in [0.05, 0.1) is 11.3 Å². The van der Waals surface area contributed by atoms with E-state index in [1.165, 1.54) is 6.92 Å². The second-order valence-corrected chi connectivity index (χ2v) is 5.34. The van der Waals surface area contributed by atoms with Crippen molar-refractivity contribution in [3.05, 3.63) is 29.3 Å². The number of benzene rings is 1. The molecule has 1 heterocycles. The van der Waals surface area contributed by atoms with Crippen molar-refractivity contribution in [3.8, 4) is 6.07 Å². The summed E-state index contributed by atoms with van der Waals surface area (Å²) in [6.45, 7) is 6.53. The molecule has 0 bridgehead atoms. The Morgan fingerprint density at radius 1 is 1.35 bits per heavy atom. The predicted octanol–water partition coefficient (Wildman–Crippen LogP) is 1.67. The standard InChI is InChI=1S/C15H20N4O/c1-9-14(10(2)19-18-9)8-17-15-6-12(11(3)20)4-5-13(15)7-16/h4-6,9-10,14,17-19H,8H2,1-3H3. The van der Waals surface area contributed by atoms with E-state index >= 15 is 0 Å². The maximum atomic E-state index is 11.4. The highest BCUT2D eigenvalue weighted by molar-refractivity contribution is 5.95. The number of nitrogens with one attached hydrogen (secondary N) is 3. The Kier molecular flexibility index (Phi) is 4.38. The van der Waals surface area contributed by atoms with Gasteiger partial charge in [-0.1, -0.05) is 0 Å². The van der Waals surface area contributed by atoms with Crippen molar-refractivity contribution in [3.63, 3.8) is 0 Å². The van der Waals surface area contributed by atoms with E-state index in [0.29, 0.717) is 29.1 Å². The second kappa shape index (κ2) is 6.04. The highest BCUT2D eigenvalue weighted by Gasteiger charge is 2.29. The molecule has 0 saturated carbocycles. The number of ketones is 1. The lowest BCUT2D eigenvalue weighted by atomic mass is 9.96. The normalized spacial score (nSPS) is 25.2. The zero-order valence-electron chi connectivity index (χ0n) is 12.0. The molecule has 1 saturated heterocycles. The van der Waals surface area contributed by atoms with Crippen LogP contribution in [0.1, 0.15) is 36.7 Å². The van der Waals surface area contributed by atoms with E-state index in [1.54, 1.807) is 18.2 Å².